The summed E-state index contributed by atoms with van der Waals surface area (Å²) in [4.78, 5) is 0. The molecule has 0 fully saturated rings. The van der Waals surface area contributed by atoms with Gasteiger partial charge in [-0.1, -0.05) is 24.3 Å². The summed E-state index contributed by atoms with van der Waals surface area (Å²) in [6.45, 7) is 0. The van der Waals surface area contributed by atoms with Gasteiger partial charge in [0.25, 0.3) is 0 Å². The zero-order chi connectivity index (χ0) is 24.2. The average molecular weight is 469 g/mol. The fourth-order valence-corrected chi connectivity index (χ4v) is 5.41. The predicted molar refractivity (Wildman–Crippen MR) is 148 cm³/mol. The first kappa shape index (κ1) is 20.7. The minimum absolute atomic E-state index is 0.845. The molecule has 0 unspecified atom stereocenters. The highest BCUT2D eigenvalue weighted by Crippen LogP contribution is 2.37. The number of fused-ring (bicyclic) bond motifs is 2. The van der Waals surface area contributed by atoms with Crippen molar-refractivity contribution in [3.8, 4) is 22.9 Å². The summed E-state index contributed by atoms with van der Waals surface area (Å²) in [5.41, 5.74) is 6.71. The van der Waals surface area contributed by atoms with E-state index in [0.29, 0.717) is 0 Å². The van der Waals surface area contributed by atoms with Crippen LogP contribution < -0.4 is 9.47 Å². The van der Waals surface area contributed by atoms with E-state index in [9.17, 15) is 0 Å². The van der Waals surface area contributed by atoms with Crippen LogP contribution in [0.1, 0.15) is 0 Å². The van der Waals surface area contributed by atoms with E-state index in [1.54, 1.807) is 14.2 Å². The molecule has 0 saturated heterocycles. The number of methoxy groups -OCH3 is 2. The molecule has 0 spiro atoms. The van der Waals surface area contributed by atoms with Crippen LogP contribution >= 0.6 is 0 Å². The van der Waals surface area contributed by atoms with Crippen molar-refractivity contribution in [3.63, 3.8) is 0 Å². The summed E-state index contributed by atoms with van der Waals surface area (Å²) in [6, 6.07) is 38.7. The van der Waals surface area contributed by atoms with Gasteiger partial charge in [-0.25, -0.2) is 0 Å². The quantitative estimate of drug-likeness (QED) is 0.263. The monoisotopic (exact) mass is 468 g/mol. The lowest BCUT2D eigenvalue weighted by Gasteiger charge is -2.20. The van der Waals surface area contributed by atoms with Crippen LogP contribution in [0.4, 0.5) is 0 Å². The van der Waals surface area contributed by atoms with Gasteiger partial charge in [0.1, 0.15) is 11.5 Å². The van der Waals surface area contributed by atoms with Crippen LogP contribution in [0.15, 0.2) is 109 Å². The smallest absolute Gasteiger partial charge is 0.119 e. The summed E-state index contributed by atoms with van der Waals surface area (Å²) in [7, 11) is 3.40. The van der Waals surface area contributed by atoms with E-state index in [0.717, 1.165) is 44.9 Å². The Bertz CT molecular complexity index is 1710. The van der Waals surface area contributed by atoms with Gasteiger partial charge in [-0.05, 0) is 95.7 Å². The molecule has 0 aliphatic rings. The van der Waals surface area contributed by atoms with E-state index in [4.69, 9.17) is 9.47 Å². The van der Waals surface area contributed by atoms with E-state index < -0.39 is 0 Å². The molecule has 11 rings (SSSR count). The number of benzene rings is 7. The Morgan fingerprint density at radius 2 is 0.778 bits per heavy atom. The van der Waals surface area contributed by atoms with Gasteiger partial charge in [-0.15, -0.1) is 0 Å². The maximum Gasteiger partial charge on any atom is 0.119 e. The lowest BCUT2D eigenvalue weighted by molar-refractivity contribution is 0.414. The molecule has 0 N–H and O–H groups in total. The van der Waals surface area contributed by atoms with E-state index >= 15 is 0 Å². The van der Waals surface area contributed by atoms with E-state index in [1.165, 1.54) is 21.5 Å². The summed E-state index contributed by atoms with van der Waals surface area (Å²) in [5, 5.41) is 4.95. The lowest BCUT2D eigenvalue weighted by Crippen LogP contribution is -2.03. The number of hydrogen-bond donors (Lipinski definition) is 0. The van der Waals surface area contributed by atoms with Crippen LogP contribution in [0.25, 0.3) is 55.0 Å². The van der Waals surface area contributed by atoms with Gasteiger partial charge in [0.05, 0.1) is 25.3 Å². The third-order valence-corrected chi connectivity index (χ3v) is 7.13. The van der Waals surface area contributed by atoms with Gasteiger partial charge in [-0.2, -0.15) is 0 Å². The number of ether oxygens (including phenoxy) is 2. The Labute approximate surface area is 208 Å². The number of nitrogens with zero attached hydrogens (tertiary/aromatic N) is 2. The molecule has 4 aromatic heterocycles. The molecular formula is C32H24N2O2. The van der Waals surface area contributed by atoms with Crippen molar-refractivity contribution >= 4 is 43.6 Å². The van der Waals surface area contributed by atoms with Crippen LogP contribution in [-0.2, 0) is 0 Å². The van der Waals surface area contributed by atoms with E-state index in [2.05, 4.69) is 94.1 Å². The highest BCUT2D eigenvalue weighted by atomic mass is 16.5. The molecule has 0 aliphatic carbocycles. The molecule has 4 heteroatoms. The second-order valence-corrected chi connectivity index (χ2v) is 9.01. The minimum Gasteiger partial charge on any atom is -0.497 e. The lowest BCUT2D eigenvalue weighted by atomic mass is 9.97. The molecule has 0 amide bonds. The van der Waals surface area contributed by atoms with Crippen LogP contribution in [0.2, 0.25) is 0 Å². The topological polar surface area (TPSA) is 28.3 Å². The third-order valence-electron chi connectivity index (χ3n) is 7.13. The van der Waals surface area contributed by atoms with Gasteiger partial charge in [0, 0.05) is 33.2 Å². The molecule has 174 valence electrons. The molecule has 4 heterocycles. The van der Waals surface area contributed by atoms with Crippen molar-refractivity contribution in [2.24, 2.45) is 0 Å². The molecule has 4 nitrogen and oxygen atoms in total. The van der Waals surface area contributed by atoms with Gasteiger partial charge >= 0.3 is 0 Å². The van der Waals surface area contributed by atoms with Crippen molar-refractivity contribution in [1.82, 2.24) is 9.13 Å². The molecule has 0 atom stereocenters. The SMILES string of the molecule is COc1ccc(-n2c3ccc(cc3)n(-c3ccc(OC)cc3)c3ccc2c2c4ccc(cc4)c23)cc1. The molecule has 6 bridgehead atoms. The number of hydrogen-bond acceptors (Lipinski definition) is 2. The molecule has 11 aromatic rings. The van der Waals surface area contributed by atoms with Gasteiger partial charge in [0.15, 0.2) is 0 Å². The maximum atomic E-state index is 5.43. The predicted octanol–water partition coefficient (Wildman–Crippen LogP) is 7.90. The average Bonchev–Trinajstić information content (AvgIpc) is 2.96. The number of rotatable bonds is 4. The van der Waals surface area contributed by atoms with E-state index in [1.807, 2.05) is 24.3 Å². The van der Waals surface area contributed by atoms with Crippen LogP contribution in [0.3, 0.4) is 0 Å². The second kappa shape index (κ2) is 7.92. The summed E-state index contributed by atoms with van der Waals surface area (Å²) in [5.74, 6) is 1.69. The van der Waals surface area contributed by atoms with E-state index in [-0.39, 0.29) is 0 Å². The first-order valence-electron chi connectivity index (χ1n) is 12.0. The van der Waals surface area contributed by atoms with Crippen molar-refractivity contribution in [3.05, 3.63) is 109 Å². The molecular weight excluding hydrogens is 444 g/mol. The zero-order valence-electron chi connectivity index (χ0n) is 20.1. The second-order valence-electron chi connectivity index (χ2n) is 9.01. The molecule has 7 aromatic carbocycles. The van der Waals surface area contributed by atoms with Crippen LogP contribution in [-0.4, -0.2) is 23.4 Å². The number of aromatic nitrogens is 2. The highest BCUT2D eigenvalue weighted by Gasteiger charge is 2.15. The Morgan fingerprint density at radius 3 is 1.11 bits per heavy atom. The summed E-state index contributed by atoms with van der Waals surface area (Å²) < 4.78 is 15.5. The molecule has 36 heavy (non-hydrogen) atoms. The Kier molecular flexibility index (Phi) is 4.55. The largest absolute Gasteiger partial charge is 0.497 e. The summed E-state index contributed by atoms with van der Waals surface area (Å²) in [6.07, 6.45) is 0. The Hall–Kier alpha value is -4.70. The fraction of sp³-hybridized carbons (Fsp3) is 0.0625. The standard InChI is InChI=1S/C32H24N2O2/c1-35-27-15-11-25(12-16-27)33-23-7-9-24(10-8-23)34(26-13-17-28(36-2)18-14-26)30-20-19-29(33)31-21-3-5-22(6-4-21)32(30)31/h3-20H,1-2H3. The van der Waals surface area contributed by atoms with Crippen LogP contribution in [0.5, 0.6) is 11.5 Å². The van der Waals surface area contributed by atoms with Crippen LogP contribution in [0, 0.1) is 0 Å². The van der Waals surface area contributed by atoms with Gasteiger partial charge < -0.3 is 18.6 Å². The minimum atomic E-state index is 0.845. The van der Waals surface area contributed by atoms with Gasteiger partial charge in [-0.3, -0.25) is 0 Å². The van der Waals surface area contributed by atoms with Crippen molar-refractivity contribution in [1.29, 1.82) is 0 Å². The van der Waals surface area contributed by atoms with Crippen molar-refractivity contribution < 1.29 is 9.47 Å². The van der Waals surface area contributed by atoms with Gasteiger partial charge in [0.2, 0.25) is 0 Å². The zero-order valence-corrected chi connectivity index (χ0v) is 20.1. The molecule has 0 aliphatic heterocycles. The fourth-order valence-electron chi connectivity index (χ4n) is 5.41. The Balaban J connectivity index is 1.69. The molecule has 0 saturated carbocycles. The first-order valence-corrected chi connectivity index (χ1v) is 12.0. The van der Waals surface area contributed by atoms with Crippen molar-refractivity contribution in [2.45, 2.75) is 0 Å². The normalized spacial score (nSPS) is 11.6. The van der Waals surface area contributed by atoms with Crippen molar-refractivity contribution in [2.75, 3.05) is 14.2 Å². The first-order chi connectivity index (χ1) is 17.7. The highest BCUT2D eigenvalue weighted by molar-refractivity contribution is 6.23. The maximum absolute atomic E-state index is 5.43. The summed E-state index contributed by atoms with van der Waals surface area (Å²) >= 11 is 0. The molecule has 0 radical (unpaired) electrons. The Morgan fingerprint density at radius 1 is 0.417 bits per heavy atom. The third kappa shape index (κ3) is 3.01.